The van der Waals surface area contributed by atoms with Gasteiger partial charge in [-0.2, -0.15) is 0 Å². The normalized spacial score (nSPS) is 16.3. The molecule has 1 amide bonds. The Hall–Kier alpha value is -3.46. The Bertz CT molecular complexity index is 1370. The summed E-state index contributed by atoms with van der Waals surface area (Å²) in [6.07, 6.45) is 6.34. The lowest BCUT2D eigenvalue weighted by Crippen LogP contribution is -2.38. The Balaban J connectivity index is 1.43. The number of thiophene rings is 1. The number of carbonyl (C=O) groups is 1. The van der Waals surface area contributed by atoms with E-state index in [1.807, 2.05) is 29.2 Å². The van der Waals surface area contributed by atoms with Gasteiger partial charge >= 0.3 is 0 Å². The van der Waals surface area contributed by atoms with Gasteiger partial charge in [-0.15, -0.1) is 11.3 Å². The smallest absolute Gasteiger partial charge is 0.264 e. The SMILES string of the molecule is COc1ccccc1Cc1cnc([C@@H]2CCCCN2C(=O)c2sc3nc[nH]c(=O)c3c2C)o1. The number of hydrogen-bond acceptors (Lipinski definition) is 7. The van der Waals surface area contributed by atoms with E-state index < -0.39 is 0 Å². The molecule has 0 spiro atoms. The fraction of sp³-hybridized carbons (Fsp3) is 0.333. The van der Waals surface area contributed by atoms with Gasteiger partial charge in [-0.05, 0) is 37.8 Å². The van der Waals surface area contributed by atoms with Crippen LogP contribution in [0.4, 0.5) is 0 Å². The zero-order chi connectivity index (χ0) is 22.9. The van der Waals surface area contributed by atoms with Gasteiger partial charge in [-0.1, -0.05) is 18.2 Å². The zero-order valence-electron chi connectivity index (χ0n) is 18.5. The van der Waals surface area contributed by atoms with Gasteiger partial charge in [0.15, 0.2) is 0 Å². The topological polar surface area (TPSA) is 101 Å². The number of H-pyrrole nitrogens is 1. The molecule has 4 heterocycles. The molecule has 0 unspecified atom stereocenters. The summed E-state index contributed by atoms with van der Waals surface area (Å²) in [6.45, 7) is 2.42. The van der Waals surface area contributed by atoms with E-state index in [0.29, 0.717) is 39.5 Å². The van der Waals surface area contributed by atoms with Crippen LogP contribution in [-0.4, -0.2) is 39.4 Å². The predicted molar refractivity (Wildman–Crippen MR) is 125 cm³/mol. The molecule has 1 N–H and O–H groups in total. The fourth-order valence-electron chi connectivity index (χ4n) is 4.44. The molecule has 8 nitrogen and oxygen atoms in total. The molecule has 1 atom stereocenters. The van der Waals surface area contributed by atoms with Gasteiger partial charge in [0.1, 0.15) is 22.4 Å². The van der Waals surface area contributed by atoms with E-state index in [1.54, 1.807) is 20.2 Å². The van der Waals surface area contributed by atoms with E-state index in [2.05, 4.69) is 15.0 Å². The van der Waals surface area contributed by atoms with Crippen LogP contribution in [0.5, 0.6) is 5.75 Å². The highest BCUT2D eigenvalue weighted by molar-refractivity contribution is 7.20. The number of aromatic nitrogens is 3. The number of nitrogens with one attached hydrogen (secondary N) is 1. The summed E-state index contributed by atoms with van der Waals surface area (Å²) in [5.41, 5.74) is 1.46. The Kier molecular flexibility index (Phi) is 5.72. The third-order valence-electron chi connectivity index (χ3n) is 6.10. The average Bonchev–Trinajstić information content (AvgIpc) is 3.44. The standard InChI is InChI=1S/C24H24N4O4S/c1-14-19-21(29)26-13-27-23(19)33-20(14)24(30)28-10-6-5-8-17(28)22-25-12-16(32-22)11-15-7-3-4-9-18(15)31-2/h3-4,7,9,12-13,17H,5-6,8,10-11H2,1-2H3,(H,26,27,29)/t17-/m0/s1. The lowest BCUT2D eigenvalue weighted by atomic mass is 10.0. The van der Waals surface area contributed by atoms with Crippen LogP contribution in [0.2, 0.25) is 0 Å². The van der Waals surface area contributed by atoms with Crippen molar-refractivity contribution >= 4 is 27.5 Å². The summed E-state index contributed by atoms with van der Waals surface area (Å²) in [5, 5.41) is 0.481. The van der Waals surface area contributed by atoms with Crippen LogP contribution < -0.4 is 10.3 Å². The number of aromatic amines is 1. The highest BCUT2D eigenvalue weighted by Crippen LogP contribution is 2.35. The summed E-state index contributed by atoms with van der Waals surface area (Å²) >= 11 is 1.26. The Morgan fingerprint density at radius 1 is 1.30 bits per heavy atom. The summed E-state index contributed by atoms with van der Waals surface area (Å²) in [4.78, 5) is 40.1. The number of ether oxygens (including phenoxy) is 1. The molecule has 33 heavy (non-hydrogen) atoms. The van der Waals surface area contributed by atoms with E-state index in [1.165, 1.54) is 17.7 Å². The van der Waals surface area contributed by atoms with Crippen molar-refractivity contribution in [1.29, 1.82) is 0 Å². The molecular formula is C24H24N4O4S. The molecule has 1 aliphatic heterocycles. The van der Waals surface area contributed by atoms with Crippen molar-refractivity contribution < 1.29 is 13.9 Å². The summed E-state index contributed by atoms with van der Waals surface area (Å²) in [5.74, 6) is 1.96. The second-order valence-electron chi connectivity index (χ2n) is 8.13. The number of piperidine rings is 1. The van der Waals surface area contributed by atoms with Crippen LogP contribution in [0.1, 0.15) is 57.8 Å². The van der Waals surface area contributed by atoms with Crippen molar-refractivity contribution in [3.05, 3.63) is 74.8 Å². The molecule has 1 aromatic carbocycles. The first-order valence-corrected chi connectivity index (χ1v) is 11.7. The maximum absolute atomic E-state index is 13.6. The molecule has 1 saturated heterocycles. The van der Waals surface area contributed by atoms with E-state index in [0.717, 1.165) is 36.3 Å². The summed E-state index contributed by atoms with van der Waals surface area (Å²) < 4.78 is 11.6. The van der Waals surface area contributed by atoms with Crippen molar-refractivity contribution in [2.24, 2.45) is 0 Å². The van der Waals surface area contributed by atoms with Crippen molar-refractivity contribution in [2.45, 2.75) is 38.6 Å². The number of nitrogens with zero attached hydrogens (tertiary/aromatic N) is 3. The Labute approximate surface area is 194 Å². The number of hydrogen-bond donors (Lipinski definition) is 1. The number of oxazole rings is 1. The van der Waals surface area contributed by atoms with Crippen LogP contribution in [0.3, 0.4) is 0 Å². The first kappa shape index (κ1) is 21.4. The van der Waals surface area contributed by atoms with Gasteiger partial charge in [-0.3, -0.25) is 9.59 Å². The van der Waals surface area contributed by atoms with Gasteiger partial charge in [0, 0.05) is 18.5 Å². The first-order valence-electron chi connectivity index (χ1n) is 10.9. The highest BCUT2D eigenvalue weighted by Gasteiger charge is 2.34. The molecule has 1 aliphatic rings. The number of aryl methyl sites for hydroxylation is 1. The molecule has 1 fully saturated rings. The summed E-state index contributed by atoms with van der Waals surface area (Å²) in [6, 6.07) is 7.57. The number of benzene rings is 1. The Morgan fingerprint density at radius 3 is 2.97 bits per heavy atom. The number of fused-ring (bicyclic) bond motifs is 1. The van der Waals surface area contributed by atoms with E-state index in [9.17, 15) is 9.59 Å². The molecule has 0 bridgehead atoms. The minimum atomic E-state index is -0.242. The second-order valence-corrected chi connectivity index (χ2v) is 9.13. The minimum absolute atomic E-state index is 0.107. The van der Waals surface area contributed by atoms with Gasteiger partial charge in [0.05, 0.1) is 29.9 Å². The van der Waals surface area contributed by atoms with Gasteiger partial charge in [-0.25, -0.2) is 9.97 Å². The molecule has 9 heteroatoms. The van der Waals surface area contributed by atoms with E-state index >= 15 is 0 Å². The number of likely N-dealkylation sites (tertiary alicyclic amines) is 1. The average molecular weight is 465 g/mol. The first-order chi connectivity index (χ1) is 16.1. The summed E-state index contributed by atoms with van der Waals surface area (Å²) in [7, 11) is 1.65. The number of amides is 1. The number of methoxy groups -OCH3 is 1. The quantitative estimate of drug-likeness (QED) is 0.474. The monoisotopic (exact) mass is 464 g/mol. The van der Waals surface area contributed by atoms with E-state index in [-0.39, 0.29) is 17.5 Å². The molecule has 170 valence electrons. The number of carbonyl (C=O) groups excluding carboxylic acids is 1. The van der Waals surface area contributed by atoms with Crippen molar-refractivity contribution in [2.75, 3.05) is 13.7 Å². The van der Waals surface area contributed by atoms with Crippen molar-refractivity contribution in [3.8, 4) is 5.75 Å². The van der Waals surface area contributed by atoms with E-state index in [4.69, 9.17) is 9.15 Å². The zero-order valence-corrected chi connectivity index (χ0v) is 19.3. The molecule has 0 aliphatic carbocycles. The van der Waals surface area contributed by atoms with Gasteiger partial charge in [0.25, 0.3) is 11.5 Å². The van der Waals surface area contributed by atoms with Crippen LogP contribution >= 0.6 is 11.3 Å². The molecule has 4 aromatic rings. The van der Waals surface area contributed by atoms with Crippen molar-refractivity contribution in [1.82, 2.24) is 19.9 Å². The van der Waals surface area contributed by atoms with Crippen molar-refractivity contribution in [3.63, 3.8) is 0 Å². The Morgan fingerprint density at radius 2 is 2.15 bits per heavy atom. The highest BCUT2D eigenvalue weighted by atomic mass is 32.1. The molecule has 5 rings (SSSR count). The van der Waals surface area contributed by atoms with Gasteiger partial charge < -0.3 is 19.0 Å². The van der Waals surface area contributed by atoms with Crippen LogP contribution in [0, 0.1) is 6.92 Å². The lowest BCUT2D eigenvalue weighted by Gasteiger charge is -2.33. The molecule has 0 radical (unpaired) electrons. The third kappa shape index (κ3) is 3.93. The van der Waals surface area contributed by atoms with Crippen LogP contribution in [0.25, 0.3) is 10.2 Å². The lowest BCUT2D eigenvalue weighted by molar-refractivity contribution is 0.0574. The van der Waals surface area contributed by atoms with Gasteiger partial charge in [0.2, 0.25) is 5.89 Å². The molecule has 3 aromatic heterocycles. The number of para-hydroxylation sites is 1. The fourth-order valence-corrected chi connectivity index (χ4v) is 5.55. The maximum atomic E-state index is 13.6. The predicted octanol–water partition coefficient (Wildman–Crippen LogP) is 4.25. The largest absolute Gasteiger partial charge is 0.496 e. The second kappa shape index (κ2) is 8.82. The minimum Gasteiger partial charge on any atom is -0.496 e. The molecular weight excluding hydrogens is 440 g/mol. The molecule has 0 saturated carbocycles. The third-order valence-corrected chi connectivity index (χ3v) is 7.29. The maximum Gasteiger partial charge on any atom is 0.264 e. The number of rotatable bonds is 5. The van der Waals surface area contributed by atoms with Crippen LogP contribution in [-0.2, 0) is 6.42 Å². The van der Waals surface area contributed by atoms with Crippen LogP contribution in [0.15, 0.2) is 46.0 Å².